The van der Waals surface area contributed by atoms with Crippen molar-refractivity contribution in [1.29, 1.82) is 0 Å². The Balaban J connectivity index is 0.000000828. The first kappa shape index (κ1) is 22.2. The Morgan fingerprint density at radius 1 is 1.11 bits per heavy atom. The quantitative estimate of drug-likeness (QED) is 0.561. The van der Waals surface area contributed by atoms with Gasteiger partial charge in [0.05, 0.1) is 12.0 Å². The first-order valence-corrected chi connectivity index (χ1v) is 9.61. The molecule has 0 aliphatic carbocycles. The number of Topliss-reactive ketones (excluding diaryl/α,β-unsaturated/α-hetero) is 1. The first-order chi connectivity index (χ1) is 12.8. The lowest BCUT2D eigenvalue weighted by molar-refractivity contribution is 0.0984. The van der Waals surface area contributed by atoms with E-state index in [-0.39, 0.29) is 23.6 Å². The highest BCUT2D eigenvalue weighted by atomic mass is 32.2. The van der Waals surface area contributed by atoms with E-state index in [0.717, 1.165) is 5.56 Å². The molecule has 0 spiro atoms. The van der Waals surface area contributed by atoms with Crippen LogP contribution in [0.25, 0.3) is 0 Å². The van der Waals surface area contributed by atoms with Gasteiger partial charge in [0.15, 0.2) is 5.78 Å². The SMILES string of the molecule is CC#CO.COc1ccc(C(=O)CCNS(=O)(=O)c2ccc(C)cc2)cc1. The molecule has 0 amide bonds. The average molecular weight is 389 g/mol. The van der Waals surface area contributed by atoms with Gasteiger partial charge in [0, 0.05) is 25.5 Å². The van der Waals surface area contributed by atoms with Crippen LogP contribution in [0.4, 0.5) is 0 Å². The second-order valence-corrected chi connectivity index (χ2v) is 7.24. The Hall–Kier alpha value is -2.82. The summed E-state index contributed by atoms with van der Waals surface area (Å²) in [6.45, 7) is 3.51. The smallest absolute Gasteiger partial charge is 0.240 e. The van der Waals surface area contributed by atoms with Gasteiger partial charge in [-0.2, -0.15) is 0 Å². The number of ketones is 1. The highest BCUT2D eigenvalue weighted by molar-refractivity contribution is 7.89. The monoisotopic (exact) mass is 389 g/mol. The lowest BCUT2D eigenvalue weighted by Gasteiger charge is -2.07. The molecule has 0 saturated carbocycles. The normalized spacial score (nSPS) is 10.0. The van der Waals surface area contributed by atoms with E-state index in [4.69, 9.17) is 9.84 Å². The van der Waals surface area contributed by atoms with E-state index in [1.165, 1.54) is 0 Å². The van der Waals surface area contributed by atoms with Crippen LogP contribution in [0.3, 0.4) is 0 Å². The minimum Gasteiger partial charge on any atom is -0.497 e. The zero-order valence-corrected chi connectivity index (χ0v) is 16.3. The summed E-state index contributed by atoms with van der Waals surface area (Å²) in [4.78, 5) is 12.2. The van der Waals surface area contributed by atoms with Crippen LogP contribution < -0.4 is 9.46 Å². The Labute approximate surface area is 160 Å². The summed E-state index contributed by atoms with van der Waals surface area (Å²) in [5.74, 6) is 2.78. The summed E-state index contributed by atoms with van der Waals surface area (Å²) in [6, 6.07) is 13.3. The van der Waals surface area contributed by atoms with Gasteiger partial charge < -0.3 is 9.84 Å². The molecular formula is C20H23NO5S. The third-order valence-corrected chi connectivity index (χ3v) is 4.98. The molecule has 2 aromatic rings. The average Bonchev–Trinajstić information content (AvgIpc) is 2.68. The number of hydrogen-bond donors (Lipinski definition) is 2. The first-order valence-electron chi connectivity index (χ1n) is 8.13. The Morgan fingerprint density at radius 3 is 2.15 bits per heavy atom. The van der Waals surface area contributed by atoms with Crippen LogP contribution in [0.2, 0.25) is 0 Å². The van der Waals surface area contributed by atoms with Gasteiger partial charge in [-0.1, -0.05) is 23.6 Å². The molecule has 0 unspecified atom stereocenters. The van der Waals surface area contributed by atoms with E-state index in [9.17, 15) is 13.2 Å². The predicted octanol–water partition coefficient (Wildman–Crippen LogP) is 2.89. The summed E-state index contributed by atoms with van der Waals surface area (Å²) in [7, 11) is -2.04. The summed E-state index contributed by atoms with van der Waals surface area (Å²) < 4.78 is 31.7. The van der Waals surface area contributed by atoms with Gasteiger partial charge in [-0.05, 0) is 43.3 Å². The third kappa shape index (κ3) is 7.52. The van der Waals surface area contributed by atoms with E-state index in [1.54, 1.807) is 68.7 Å². The van der Waals surface area contributed by atoms with Gasteiger partial charge in [-0.3, -0.25) is 4.79 Å². The lowest BCUT2D eigenvalue weighted by Crippen LogP contribution is -2.26. The van der Waals surface area contributed by atoms with Crippen molar-refractivity contribution >= 4 is 15.8 Å². The Bertz CT molecular complexity index is 886. The van der Waals surface area contributed by atoms with Crippen LogP contribution in [-0.4, -0.2) is 33.0 Å². The minimum absolute atomic E-state index is 0.0566. The van der Waals surface area contributed by atoms with Crippen LogP contribution in [0, 0.1) is 19.0 Å². The fourth-order valence-corrected chi connectivity index (χ4v) is 3.05. The van der Waals surface area contributed by atoms with Crippen molar-refractivity contribution in [3.05, 3.63) is 59.7 Å². The molecule has 0 aliphatic heterocycles. The van der Waals surface area contributed by atoms with E-state index < -0.39 is 10.0 Å². The molecule has 27 heavy (non-hydrogen) atoms. The fraction of sp³-hybridized carbons (Fsp3) is 0.250. The van der Waals surface area contributed by atoms with Crippen molar-refractivity contribution < 1.29 is 23.1 Å². The van der Waals surface area contributed by atoms with Gasteiger partial charge in [-0.25, -0.2) is 13.1 Å². The van der Waals surface area contributed by atoms with Crippen molar-refractivity contribution in [2.45, 2.75) is 25.2 Å². The van der Waals surface area contributed by atoms with E-state index in [0.29, 0.717) is 11.3 Å². The molecule has 0 heterocycles. The van der Waals surface area contributed by atoms with Crippen molar-refractivity contribution in [2.75, 3.05) is 13.7 Å². The number of benzene rings is 2. The molecule has 0 radical (unpaired) electrons. The number of carbonyl (C=O) groups is 1. The number of methoxy groups -OCH3 is 1. The maximum absolute atomic E-state index is 12.1. The topological polar surface area (TPSA) is 92.7 Å². The molecule has 0 saturated heterocycles. The molecule has 7 heteroatoms. The van der Waals surface area contributed by atoms with E-state index in [1.807, 2.05) is 6.92 Å². The van der Waals surface area contributed by atoms with Crippen molar-refractivity contribution in [1.82, 2.24) is 4.72 Å². The summed E-state index contributed by atoms with van der Waals surface area (Å²) in [6.07, 6.45) is 1.78. The molecule has 0 atom stereocenters. The molecule has 0 aliphatic rings. The van der Waals surface area contributed by atoms with Crippen molar-refractivity contribution in [2.24, 2.45) is 0 Å². The molecule has 2 aromatic carbocycles. The molecule has 2 rings (SSSR count). The van der Waals surface area contributed by atoms with Gasteiger partial charge in [0.25, 0.3) is 0 Å². The summed E-state index contributed by atoms with van der Waals surface area (Å²) >= 11 is 0. The molecule has 144 valence electrons. The predicted molar refractivity (Wildman–Crippen MR) is 104 cm³/mol. The number of sulfonamides is 1. The Morgan fingerprint density at radius 2 is 1.67 bits per heavy atom. The summed E-state index contributed by atoms with van der Waals surface area (Å²) in [5.41, 5.74) is 1.51. The van der Waals surface area contributed by atoms with Gasteiger partial charge in [0.2, 0.25) is 10.0 Å². The molecule has 2 N–H and O–H groups in total. The molecule has 0 bridgehead atoms. The van der Waals surface area contributed by atoms with Crippen LogP contribution in [0.5, 0.6) is 5.75 Å². The van der Waals surface area contributed by atoms with Crippen LogP contribution in [0.15, 0.2) is 53.4 Å². The molecule has 6 nitrogen and oxygen atoms in total. The molecule has 0 aromatic heterocycles. The third-order valence-electron chi connectivity index (χ3n) is 3.50. The van der Waals surface area contributed by atoms with Crippen LogP contribution in [0.1, 0.15) is 29.3 Å². The van der Waals surface area contributed by atoms with Crippen LogP contribution >= 0.6 is 0 Å². The highest BCUT2D eigenvalue weighted by Crippen LogP contribution is 2.13. The molecule has 0 fully saturated rings. The number of aliphatic hydroxyl groups excluding tert-OH is 1. The zero-order chi connectivity index (χ0) is 20.3. The minimum atomic E-state index is -3.59. The number of aliphatic hydroxyl groups is 1. The lowest BCUT2D eigenvalue weighted by atomic mass is 10.1. The number of nitrogens with one attached hydrogen (secondary N) is 1. The number of rotatable bonds is 7. The second kappa shape index (κ2) is 11.0. The maximum atomic E-state index is 12.1. The standard InChI is InChI=1S/C17H19NO4S.C3H4O/c1-13-3-9-16(10-4-13)23(20,21)18-12-11-17(19)14-5-7-15(22-2)8-6-14;1-2-3-4/h3-10,18H,11-12H2,1-2H3;4H,1H3. The summed E-state index contributed by atoms with van der Waals surface area (Å²) in [5, 5.41) is 7.51. The van der Waals surface area contributed by atoms with Gasteiger partial charge in [0.1, 0.15) is 11.9 Å². The second-order valence-electron chi connectivity index (χ2n) is 5.47. The van der Waals surface area contributed by atoms with Crippen molar-refractivity contribution in [3.8, 4) is 17.8 Å². The van der Waals surface area contributed by atoms with Gasteiger partial charge in [-0.15, -0.1) is 0 Å². The highest BCUT2D eigenvalue weighted by Gasteiger charge is 2.14. The van der Waals surface area contributed by atoms with Crippen LogP contribution in [-0.2, 0) is 10.0 Å². The number of ether oxygens (including phenoxy) is 1. The maximum Gasteiger partial charge on any atom is 0.240 e. The van der Waals surface area contributed by atoms with Crippen molar-refractivity contribution in [3.63, 3.8) is 0 Å². The number of aryl methyl sites for hydroxylation is 1. The largest absolute Gasteiger partial charge is 0.497 e. The number of carbonyl (C=O) groups excluding carboxylic acids is 1. The van der Waals surface area contributed by atoms with Gasteiger partial charge >= 0.3 is 0 Å². The molecular weight excluding hydrogens is 366 g/mol. The Kier molecular flexibility index (Phi) is 9.06. The zero-order valence-electron chi connectivity index (χ0n) is 15.5. The van der Waals surface area contributed by atoms with E-state index in [2.05, 4.69) is 10.6 Å². The van der Waals surface area contributed by atoms with E-state index >= 15 is 0 Å². The number of hydrogen-bond acceptors (Lipinski definition) is 5. The fourth-order valence-electron chi connectivity index (χ4n) is 2.02.